The largest absolute Gasteiger partial charge is 0.479 e. The quantitative estimate of drug-likeness (QED) is 0.909. The van der Waals surface area contributed by atoms with Gasteiger partial charge in [0.05, 0.1) is 5.69 Å². The molecule has 0 saturated heterocycles. The molecule has 1 unspecified atom stereocenters. The van der Waals surface area contributed by atoms with E-state index in [4.69, 9.17) is 16.3 Å². The summed E-state index contributed by atoms with van der Waals surface area (Å²) in [4.78, 5) is 26.5. The standard InChI is InChI=1S/C19H19ClN2O3/c1-11-7-8-17-16(9-11)22(19(24)13(3)25-17)10-18(23)21-15-6-4-5-14(20)12(15)2/h4-9,13H,10H2,1-3H3,(H,21,23). The van der Waals surface area contributed by atoms with Crippen LogP contribution in [0, 0.1) is 13.8 Å². The fraction of sp³-hybridized carbons (Fsp3) is 0.263. The number of nitrogens with zero attached hydrogens (tertiary/aromatic N) is 1. The fourth-order valence-electron chi connectivity index (χ4n) is 2.76. The van der Waals surface area contributed by atoms with Crippen molar-refractivity contribution in [1.29, 1.82) is 0 Å². The summed E-state index contributed by atoms with van der Waals surface area (Å²) in [5, 5.41) is 3.40. The molecule has 0 spiro atoms. The molecule has 0 aromatic heterocycles. The lowest BCUT2D eigenvalue weighted by atomic mass is 10.1. The van der Waals surface area contributed by atoms with Crippen molar-refractivity contribution < 1.29 is 14.3 Å². The van der Waals surface area contributed by atoms with Gasteiger partial charge in [-0.15, -0.1) is 0 Å². The Morgan fingerprint density at radius 3 is 2.80 bits per heavy atom. The van der Waals surface area contributed by atoms with E-state index in [9.17, 15) is 9.59 Å². The number of fused-ring (bicyclic) bond motifs is 1. The predicted molar refractivity (Wildman–Crippen MR) is 98.4 cm³/mol. The molecule has 2 amide bonds. The molecule has 6 heteroatoms. The monoisotopic (exact) mass is 358 g/mol. The molecule has 25 heavy (non-hydrogen) atoms. The zero-order valence-electron chi connectivity index (χ0n) is 14.3. The van der Waals surface area contributed by atoms with Crippen molar-refractivity contribution in [3.63, 3.8) is 0 Å². The molecule has 0 fully saturated rings. The van der Waals surface area contributed by atoms with E-state index >= 15 is 0 Å². The Morgan fingerprint density at radius 1 is 1.28 bits per heavy atom. The van der Waals surface area contributed by atoms with E-state index in [0.717, 1.165) is 11.1 Å². The molecule has 1 N–H and O–H groups in total. The van der Waals surface area contributed by atoms with Gasteiger partial charge < -0.3 is 10.1 Å². The van der Waals surface area contributed by atoms with Gasteiger partial charge in [-0.05, 0) is 56.2 Å². The topological polar surface area (TPSA) is 58.6 Å². The minimum absolute atomic E-state index is 0.0884. The van der Waals surface area contributed by atoms with E-state index in [1.807, 2.05) is 32.0 Å². The highest BCUT2D eigenvalue weighted by Crippen LogP contribution is 2.34. The first kappa shape index (κ1) is 17.3. The van der Waals surface area contributed by atoms with Crippen molar-refractivity contribution in [2.45, 2.75) is 26.9 Å². The third-order valence-electron chi connectivity index (χ3n) is 4.17. The van der Waals surface area contributed by atoms with Gasteiger partial charge in [-0.3, -0.25) is 14.5 Å². The summed E-state index contributed by atoms with van der Waals surface area (Å²) in [6.07, 6.45) is -0.629. The summed E-state index contributed by atoms with van der Waals surface area (Å²) >= 11 is 6.08. The number of halogens is 1. The van der Waals surface area contributed by atoms with E-state index in [-0.39, 0.29) is 18.4 Å². The van der Waals surface area contributed by atoms with Crippen LogP contribution in [0.2, 0.25) is 5.02 Å². The first-order chi connectivity index (χ1) is 11.9. The van der Waals surface area contributed by atoms with Gasteiger partial charge in [0.1, 0.15) is 12.3 Å². The van der Waals surface area contributed by atoms with Gasteiger partial charge in [0.25, 0.3) is 5.91 Å². The predicted octanol–water partition coefficient (Wildman–Crippen LogP) is 3.71. The van der Waals surface area contributed by atoms with Crippen LogP contribution in [0.25, 0.3) is 0 Å². The summed E-state index contributed by atoms with van der Waals surface area (Å²) in [7, 11) is 0. The summed E-state index contributed by atoms with van der Waals surface area (Å²) in [6, 6.07) is 10.9. The first-order valence-electron chi connectivity index (χ1n) is 8.00. The second kappa shape index (κ2) is 6.76. The molecule has 0 aliphatic carbocycles. The Hall–Kier alpha value is -2.53. The lowest BCUT2D eigenvalue weighted by Crippen LogP contribution is -2.47. The lowest BCUT2D eigenvalue weighted by molar-refractivity contribution is -0.127. The molecule has 1 aliphatic rings. The number of amides is 2. The van der Waals surface area contributed by atoms with Crippen molar-refractivity contribution in [3.8, 4) is 5.75 Å². The molecular weight excluding hydrogens is 340 g/mol. The van der Waals surface area contributed by atoms with Crippen LogP contribution < -0.4 is 15.0 Å². The van der Waals surface area contributed by atoms with Crippen molar-refractivity contribution in [2.75, 3.05) is 16.8 Å². The van der Waals surface area contributed by atoms with E-state index < -0.39 is 6.10 Å². The Morgan fingerprint density at radius 2 is 2.04 bits per heavy atom. The lowest BCUT2D eigenvalue weighted by Gasteiger charge is -2.32. The molecule has 1 atom stereocenters. The van der Waals surface area contributed by atoms with Crippen LogP contribution in [-0.4, -0.2) is 24.5 Å². The van der Waals surface area contributed by atoms with Crippen LogP contribution in [-0.2, 0) is 9.59 Å². The molecule has 5 nitrogen and oxygen atoms in total. The van der Waals surface area contributed by atoms with E-state index in [1.165, 1.54) is 4.90 Å². The van der Waals surface area contributed by atoms with Crippen molar-refractivity contribution in [1.82, 2.24) is 0 Å². The van der Waals surface area contributed by atoms with Crippen LogP contribution in [0.5, 0.6) is 5.75 Å². The Bertz CT molecular complexity index is 851. The SMILES string of the molecule is Cc1ccc2c(c1)N(CC(=O)Nc1cccc(Cl)c1C)C(=O)C(C)O2. The number of rotatable bonds is 3. The number of anilines is 2. The first-order valence-corrected chi connectivity index (χ1v) is 8.38. The number of nitrogens with one attached hydrogen (secondary N) is 1. The van der Waals surface area contributed by atoms with E-state index in [0.29, 0.717) is 22.1 Å². The maximum atomic E-state index is 12.5. The van der Waals surface area contributed by atoms with Crippen LogP contribution in [0.15, 0.2) is 36.4 Å². The summed E-state index contributed by atoms with van der Waals surface area (Å²) in [6.45, 7) is 5.35. The Kier molecular flexibility index (Phi) is 4.68. The van der Waals surface area contributed by atoms with Crippen LogP contribution in [0.3, 0.4) is 0 Å². The normalized spacial score (nSPS) is 16.2. The molecule has 130 valence electrons. The minimum Gasteiger partial charge on any atom is -0.479 e. The molecule has 1 heterocycles. The molecule has 0 bridgehead atoms. The van der Waals surface area contributed by atoms with Crippen LogP contribution >= 0.6 is 11.6 Å². The van der Waals surface area contributed by atoms with Crippen molar-refractivity contribution in [3.05, 3.63) is 52.5 Å². The average molecular weight is 359 g/mol. The highest BCUT2D eigenvalue weighted by Gasteiger charge is 2.32. The summed E-state index contributed by atoms with van der Waals surface area (Å²) < 4.78 is 5.62. The second-order valence-corrected chi connectivity index (χ2v) is 6.52. The highest BCUT2D eigenvalue weighted by molar-refractivity contribution is 6.31. The summed E-state index contributed by atoms with van der Waals surface area (Å²) in [5.74, 6) is 0.0702. The van der Waals surface area contributed by atoms with Gasteiger partial charge in [-0.2, -0.15) is 0 Å². The summed E-state index contributed by atoms with van der Waals surface area (Å²) in [5.41, 5.74) is 3.02. The van der Waals surface area contributed by atoms with Crippen LogP contribution in [0.1, 0.15) is 18.1 Å². The van der Waals surface area contributed by atoms with Gasteiger partial charge >= 0.3 is 0 Å². The number of benzene rings is 2. The third-order valence-corrected chi connectivity index (χ3v) is 4.58. The van der Waals surface area contributed by atoms with Gasteiger partial charge in [-0.25, -0.2) is 0 Å². The molecule has 0 radical (unpaired) electrons. The van der Waals surface area contributed by atoms with Gasteiger partial charge in [0.15, 0.2) is 6.10 Å². The fourth-order valence-corrected chi connectivity index (χ4v) is 2.93. The molecular formula is C19H19ClN2O3. The molecule has 0 saturated carbocycles. The van der Waals surface area contributed by atoms with Gasteiger partial charge in [0.2, 0.25) is 5.91 Å². The highest BCUT2D eigenvalue weighted by atomic mass is 35.5. The number of ether oxygens (including phenoxy) is 1. The Labute approximate surface area is 151 Å². The van der Waals surface area contributed by atoms with Gasteiger partial charge in [0, 0.05) is 10.7 Å². The zero-order chi connectivity index (χ0) is 18.1. The number of hydrogen-bond donors (Lipinski definition) is 1. The smallest absolute Gasteiger partial charge is 0.268 e. The molecule has 2 aromatic rings. The molecule has 3 rings (SSSR count). The minimum atomic E-state index is -0.629. The number of carbonyl (C=O) groups is 2. The second-order valence-electron chi connectivity index (χ2n) is 6.12. The van der Waals surface area contributed by atoms with Crippen LogP contribution in [0.4, 0.5) is 11.4 Å². The van der Waals surface area contributed by atoms with Crippen molar-refractivity contribution in [2.24, 2.45) is 0 Å². The molecule has 1 aliphatic heterocycles. The Balaban J connectivity index is 1.84. The van der Waals surface area contributed by atoms with E-state index in [2.05, 4.69) is 5.32 Å². The number of hydrogen-bond acceptors (Lipinski definition) is 3. The zero-order valence-corrected chi connectivity index (χ0v) is 15.1. The average Bonchev–Trinajstić information content (AvgIpc) is 2.57. The number of carbonyl (C=O) groups excluding carboxylic acids is 2. The molecule has 2 aromatic carbocycles. The van der Waals surface area contributed by atoms with Gasteiger partial charge in [-0.1, -0.05) is 23.7 Å². The maximum absolute atomic E-state index is 12.5. The van der Waals surface area contributed by atoms with E-state index in [1.54, 1.807) is 25.1 Å². The number of aryl methyl sites for hydroxylation is 1. The van der Waals surface area contributed by atoms with Crippen molar-refractivity contribution >= 4 is 34.8 Å². The third kappa shape index (κ3) is 3.46. The maximum Gasteiger partial charge on any atom is 0.268 e.